The van der Waals surface area contributed by atoms with Crippen LogP contribution in [0.5, 0.6) is 5.75 Å². The van der Waals surface area contributed by atoms with Gasteiger partial charge in [0.25, 0.3) is 0 Å². The van der Waals surface area contributed by atoms with E-state index >= 15 is 0 Å². The third kappa shape index (κ3) is 5.61. The van der Waals surface area contributed by atoms with Gasteiger partial charge in [0, 0.05) is 41.7 Å². The second-order valence-corrected chi connectivity index (χ2v) is 11.7. The van der Waals surface area contributed by atoms with Crippen LogP contribution in [0, 0.1) is 17.2 Å². The molecule has 182 valence electrons. The van der Waals surface area contributed by atoms with Gasteiger partial charge in [-0.15, -0.1) is 11.3 Å². The molecule has 0 atom stereocenters. The lowest BCUT2D eigenvalue weighted by atomic mass is 9.88. The maximum Gasteiger partial charge on any atom is 0.238 e. The maximum atomic E-state index is 12.8. The quantitative estimate of drug-likeness (QED) is 0.598. The first kappa shape index (κ1) is 24.7. The zero-order valence-corrected chi connectivity index (χ0v) is 20.9. The first-order valence-corrected chi connectivity index (χ1v) is 13.9. The molecule has 1 amide bonds. The van der Waals surface area contributed by atoms with E-state index in [-0.39, 0.29) is 23.0 Å². The number of primary sulfonamides is 1. The number of methoxy groups -OCH3 is 1. The third-order valence-electron chi connectivity index (χ3n) is 6.67. The molecule has 3 N–H and O–H groups in total. The van der Waals surface area contributed by atoms with Crippen molar-refractivity contribution >= 4 is 32.3 Å². The number of sulfonamides is 1. The van der Waals surface area contributed by atoms with Gasteiger partial charge in [-0.05, 0) is 31.2 Å². The molecule has 34 heavy (non-hydrogen) atoms. The molecule has 1 aliphatic carbocycles. The van der Waals surface area contributed by atoms with Crippen molar-refractivity contribution < 1.29 is 17.9 Å². The molecule has 2 aromatic rings. The molecule has 1 aromatic carbocycles. The number of amides is 1. The fourth-order valence-corrected chi connectivity index (χ4v) is 6.63. The van der Waals surface area contributed by atoms with Gasteiger partial charge in [-0.1, -0.05) is 25.3 Å². The van der Waals surface area contributed by atoms with E-state index in [9.17, 15) is 18.5 Å². The molecule has 2 heterocycles. The first-order valence-electron chi connectivity index (χ1n) is 11.5. The molecular formula is C24H30N4O4S2. The summed E-state index contributed by atoms with van der Waals surface area (Å²) in [4.78, 5) is 16.4. The number of hydrogen-bond donors (Lipinski definition) is 2. The van der Waals surface area contributed by atoms with Crippen LogP contribution in [0.1, 0.15) is 53.7 Å². The molecule has 2 aliphatic rings. The Morgan fingerprint density at radius 3 is 2.76 bits per heavy atom. The molecule has 0 unspecified atom stereocenters. The number of carbonyl (C=O) groups excluding carboxylic acids is 1. The Hall–Kier alpha value is -2.45. The number of ether oxygens (including phenoxy) is 1. The number of nitrogens with zero attached hydrogens (tertiary/aromatic N) is 2. The number of nitriles is 1. The summed E-state index contributed by atoms with van der Waals surface area (Å²) in [6.07, 6.45) is 7.43. The zero-order chi connectivity index (χ0) is 24.3. The monoisotopic (exact) mass is 502 g/mol. The molecule has 0 spiro atoms. The minimum Gasteiger partial charge on any atom is -0.496 e. The average molecular weight is 503 g/mol. The fraction of sp³-hybridized carbons (Fsp3) is 0.500. The highest BCUT2D eigenvalue weighted by Gasteiger charge is 2.27. The topological polar surface area (TPSA) is 126 Å². The summed E-state index contributed by atoms with van der Waals surface area (Å²) < 4.78 is 28.4. The second kappa shape index (κ2) is 10.4. The molecule has 0 radical (unpaired) electrons. The van der Waals surface area contributed by atoms with Gasteiger partial charge in [0.1, 0.15) is 16.8 Å². The van der Waals surface area contributed by atoms with Gasteiger partial charge in [-0.2, -0.15) is 5.26 Å². The lowest BCUT2D eigenvalue weighted by Crippen LogP contribution is -2.34. The van der Waals surface area contributed by atoms with Gasteiger partial charge >= 0.3 is 0 Å². The molecule has 8 nitrogen and oxygen atoms in total. The van der Waals surface area contributed by atoms with Crippen molar-refractivity contribution in [1.29, 1.82) is 5.26 Å². The molecule has 1 saturated carbocycles. The smallest absolute Gasteiger partial charge is 0.238 e. The molecule has 0 saturated heterocycles. The number of nitrogens with two attached hydrogens (primary N) is 1. The summed E-state index contributed by atoms with van der Waals surface area (Å²) in [5.74, 6) is 0.719. The van der Waals surface area contributed by atoms with E-state index in [2.05, 4.69) is 16.3 Å². The van der Waals surface area contributed by atoms with Crippen LogP contribution in [0.2, 0.25) is 0 Å². The van der Waals surface area contributed by atoms with Crippen LogP contribution in [-0.4, -0.2) is 39.4 Å². The fourth-order valence-electron chi connectivity index (χ4n) is 4.93. The van der Waals surface area contributed by atoms with Gasteiger partial charge < -0.3 is 10.1 Å². The lowest BCUT2D eigenvalue weighted by molar-refractivity contribution is -0.115. The number of nitrogens with one attached hydrogen (secondary N) is 1. The Balaban J connectivity index is 1.46. The van der Waals surface area contributed by atoms with Crippen LogP contribution in [0.3, 0.4) is 0 Å². The molecule has 10 heteroatoms. The zero-order valence-electron chi connectivity index (χ0n) is 19.3. The van der Waals surface area contributed by atoms with Gasteiger partial charge in [0.05, 0.1) is 24.0 Å². The van der Waals surface area contributed by atoms with Gasteiger partial charge in [-0.3, -0.25) is 9.69 Å². The van der Waals surface area contributed by atoms with Crippen molar-refractivity contribution in [2.45, 2.75) is 56.4 Å². The van der Waals surface area contributed by atoms with Crippen molar-refractivity contribution in [2.75, 3.05) is 25.5 Å². The maximum absolute atomic E-state index is 12.8. The number of benzene rings is 1. The number of thiophene rings is 1. The highest BCUT2D eigenvalue weighted by Crippen LogP contribution is 2.37. The van der Waals surface area contributed by atoms with E-state index in [0.717, 1.165) is 37.5 Å². The lowest BCUT2D eigenvalue weighted by Gasteiger charge is -2.32. The SMILES string of the molecule is COc1cc(S(N)(=O)=O)ccc1CC(=O)Nc1sc2c(c1C#N)CN(CC1CCCCC1)CC2. The predicted molar refractivity (Wildman–Crippen MR) is 131 cm³/mol. The molecule has 1 aromatic heterocycles. The minimum absolute atomic E-state index is 0.0185. The van der Waals surface area contributed by atoms with E-state index in [1.165, 1.54) is 73.6 Å². The summed E-state index contributed by atoms with van der Waals surface area (Å²) in [5, 5.41) is 18.5. The van der Waals surface area contributed by atoms with Crippen LogP contribution >= 0.6 is 11.3 Å². The second-order valence-electron chi connectivity index (χ2n) is 9.05. The van der Waals surface area contributed by atoms with Crippen LogP contribution in [-0.2, 0) is 34.2 Å². The van der Waals surface area contributed by atoms with Gasteiger partial charge in [0.2, 0.25) is 15.9 Å². The summed E-state index contributed by atoms with van der Waals surface area (Å²) in [7, 11) is -2.47. The van der Waals surface area contributed by atoms with Crippen molar-refractivity contribution in [2.24, 2.45) is 11.1 Å². The average Bonchev–Trinajstić information content (AvgIpc) is 3.15. The van der Waals surface area contributed by atoms with E-state index in [4.69, 9.17) is 9.88 Å². The van der Waals surface area contributed by atoms with Crippen molar-refractivity contribution in [1.82, 2.24) is 4.90 Å². The van der Waals surface area contributed by atoms with Crippen molar-refractivity contribution in [3.63, 3.8) is 0 Å². The number of hydrogen-bond acceptors (Lipinski definition) is 7. The highest BCUT2D eigenvalue weighted by molar-refractivity contribution is 7.89. The Labute approximate surface area is 204 Å². The van der Waals surface area contributed by atoms with E-state index in [0.29, 0.717) is 16.1 Å². The Morgan fingerprint density at radius 1 is 1.32 bits per heavy atom. The van der Waals surface area contributed by atoms with E-state index < -0.39 is 10.0 Å². The standard InChI is InChI=1S/C24H30N4O4S2/c1-32-21-12-18(34(26,30)31)8-7-17(21)11-23(29)27-24-19(13-25)20-15-28(10-9-22(20)33-24)14-16-5-3-2-4-6-16/h7-8,12,16H,2-6,9-11,14-15H2,1H3,(H,27,29)(H2,26,30,31). The number of rotatable bonds is 7. The molecule has 0 bridgehead atoms. The van der Waals surface area contributed by atoms with E-state index in [1.807, 2.05) is 0 Å². The third-order valence-corrected chi connectivity index (χ3v) is 8.79. The highest BCUT2D eigenvalue weighted by atomic mass is 32.2. The molecule has 1 aliphatic heterocycles. The largest absolute Gasteiger partial charge is 0.496 e. The molecular weight excluding hydrogens is 472 g/mol. The van der Waals surface area contributed by atoms with Crippen molar-refractivity contribution in [3.8, 4) is 11.8 Å². The number of anilines is 1. The van der Waals surface area contributed by atoms with E-state index in [1.54, 1.807) is 0 Å². The summed E-state index contributed by atoms with van der Waals surface area (Å²) in [5.41, 5.74) is 2.13. The summed E-state index contributed by atoms with van der Waals surface area (Å²) in [6.45, 7) is 2.82. The van der Waals surface area contributed by atoms with Crippen LogP contribution in [0.25, 0.3) is 0 Å². The normalized spacial score (nSPS) is 17.1. The molecule has 1 fully saturated rings. The van der Waals surface area contributed by atoms with Crippen LogP contribution in [0.15, 0.2) is 23.1 Å². The Kier molecular flexibility index (Phi) is 7.57. The predicted octanol–water partition coefficient (Wildman–Crippen LogP) is 3.40. The van der Waals surface area contributed by atoms with Crippen LogP contribution in [0.4, 0.5) is 5.00 Å². The van der Waals surface area contributed by atoms with Gasteiger partial charge in [0.15, 0.2) is 0 Å². The Bertz CT molecular complexity index is 1210. The minimum atomic E-state index is -3.87. The molecule has 4 rings (SSSR count). The Morgan fingerprint density at radius 2 is 2.09 bits per heavy atom. The van der Waals surface area contributed by atoms with Gasteiger partial charge in [-0.25, -0.2) is 13.6 Å². The number of fused-ring (bicyclic) bond motifs is 1. The number of carbonyl (C=O) groups is 1. The summed E-state index contributed by atoms with van der Waals surface area (Å²) in [6, 6.07) is 6.49. The summed E-state index contributed by atoms with van der Waals surface area (Å²) >= 11 is 1.48. The van der Waals surface area contributed by atoms with Crippen molar-refractivity contribution in [3.05, 3.63) is 39.8 Å². The van der Waals surface area contributed by atoms with Crippen LogP contribution < -0.4 is 15.2 Å². The first-order chi connectivity index (χ1) is 16.3.